The molecule has 1 atom stereocenters. The van der Waals surface area contributed by atoms with Gasteiger partial charge in [0.25, 0.3) is 0 Å². The van der Waals surface area contributed by atoms with Crippen molar-refractivity contribution in [2.45, 2.75) is 33.7 Å². The summed E-state index contributed by atoms with van der Waals surface area (Å²) in [6.07, 6.45) is 0. The maximum Gasteiger partial charge on any atom is 0.137 e. The van der Waals surface area contributed by atoms with Gasteiger partial charge < -0.3 is 10.1 Å². The average molecular weight is 256 g/mol. The topological polar surface area (TPSA) is 21.3 Å². The molecule has 0 aromatic heterocycles. The monoisotopic (exact) mass is 255 g/mol. The molecule has 1 rings (SSSR count). The molecule has 0 heterocycles. The van der Waals surface area contributed by atoms with Crippen molar-refractivity contribution in [1.82, 2.24) is 5.32 Å². The third-order valence-corrected chi connectivity index (χ3v) is 2.83. The molecule has 0 spiro atoms. The lowest BCUT2D eigenvalue weighted by Gasteiger charge is -2.15. The van der Waals surface area contributed by atoms with E-state index < -0.39 is 0 Å². The van der Waals surface area contributed by atoms with Crippen molar-refractivity contribution < 1.29 is 4.74 Å². The maximum absolute atomic E-state index is 6.20. The van der Waals surface area contributed by atoms with Gasteiger partial charge in [-0.25, -0.2) is 0 Å². The van der Waals surface area contributed by atoms with Crippen molar-refractivity contribution in [3.8, 4) is 5.75 Å². The third kappa shape index (κ3) is 4.57. The molecular formula is C14H22ClNO. The van der Waals surface area contributed by atoms with Gasteiger partial charge in [0.1, 0.15) is 5.75 Å². The van der Waals surface area contributed by atoms with Crippen LogP contribution in [0.15, 0.2) is 18.2 Å². The van der Waals surface area contributed by atoms with Crippen LogP contribution in [0.2, 0.25) is 5.02 Å². The summed E-state index contributed by atoms with van der Waals surface area (Å²) in [5, 5.41) is 4.05. The van der Waals surface area contributed by atoms with Crippen molar-refractivity contribution in [3.63, 3.8) is 0 Å². The van der Waals surface area contributed by atoms with Crippen LogP contribution in [0.1, 0.15) is 39.3 Å². The van der Waals surface area contributed by atoms with Gasteiger partial charge >= 0.3 is 0 Å². The van der Waals surface area contributed by atoms with Crippen LogP contribution in [0.3, 0.4) is 0 Å². The Bertz CT molecular complexity index is 352. The van der Waals surface area contributed by atoms with E-state index in [0.717, 1.165) is 12.3 Å². The van der Waals surface area contributed by atoms with Crippen LogP contribution in [0.5, 0.6) is 5.75 Å². The van der Waals surface area contributed by atoms with Crippen molar-refractivity contribution in [3.05, 3.63) is 28.8 Å². The summed E-state index contributed by atoms with van der Waals surface area (Å²) in [5.74, 6) is 1.28. The van der Waals surface area contributed by atoms with E-state index in [1.807, 2.05) is 12.1 Å². The normalized spacial score (nSPS) is 12.8. The Morgan fingerprint density at radius 1 is 1.29 bits per heavy atom. The summed E-state index contributed by atoms with van der Waals surface area (Å²) in [7, 11) is 0. The van der Waals surface area contributed by atoms with E-state index in [2.05, 4.69) is 39.1 Å². The van der Waals surface area contributed by atoms with E-state index in [9.17, 15) is 0 Å². The molecule has 0 radical (unpaired) electrons. The minimum absolute atomic E-state index is 0.316. The summed E-state index contributed by atoms with van der Waals surface area (Å²) in [5.41, 5.74) is 1.19. The molecule has 1 unspecified atom stereocenters. The van der Waals surface area contributed by atoms with Gasteiger partial charge in [-0.3, -0.25) is 0 Å². The Morgan fingerprint density at radius 2 is 2.00 bits per heavy atom. The zero-order valence-electron chi connectivity index (χ0n) is 11.1. The molecule has 0 aliphatic heterocycles. The largest absolute Gasteiger partial charge is 0.492 e. The molecule has 0 fully saturated rings. The number of hydrogen-bond donors (Lipinski definition) is 1. The highest BCUT2D eigenvalue weighted by Crippen LogP contribution is 2.28. The molecule has 96 valence electrons. The first-order valence-corrected chi connectivity index (χ1v) is 6.58. The molecule has 17 heavy (non-hydrogen) atoms. The Hall–Kier alpha value is -0.730. The van der Waals surface area contributed by atoms with Gasteiger partial charge in [-0.05, 0) is 37.1 Å². The van der Waals surface area contributed by atoms with Gasteiger partial charge in [-0.2, -0.15) is 0 Å². The van der Waals surface area contributed by atoms with Crippen molar-refractivity contribution in [2.24, 2.45) is 5.92 Å². The van der Waals surface area contributed by atoms with Crippen LogP contribution in [0, 0.1) is 5.92 Å². The Kier molecular flexibility index (Phi) is 5.79. The van der Waals surface area contributed by atoms with Crippen LogP contribution >= 0.6 is 11.6 Å². The Balaban J connectivity index is 2.72. The van der Waals surface area contributed by atoms with Crippen LogP contribution in [0.25, 0.3) is 0 Å². The fraction of sp³-hybridized carbons (Fsp3) is 0.571. The lowest BCUT2D eigenvalue weighted by atomic mass is 10.1. The third-order valence-electron chi connectivity index (χ3n) is 2.54. The van der Waals surface area contributed by atoms with Gasteiger partial charge in [0.15, 0.2) is 0 Å². The highest BCUT2D eigenvalue weighted by molar-refractivity contribution is 6.32. The molecule has 3 heteroatoms. The number of hydrogen-bond acceptors (Lipinski definition) is 2. The maximum atomic E-state index is 6.20. The predicted octanol–water partition coefficient (Wildman–Crippen LogP) is 4.05. The molecule has 0 amide bonds. The van der Waals surface area contributed by atoms with Crippen LogP contribution < -0.4 is 10.1 Å². The second-order valence-electron chi connectivity index (χ2n) is 4.67. The van der Waals surface area contributed by atoms with Gasteiger partial charge in [-0.15, -0.1) is 0 Å². The summed E-state index contributed by atoms with van der Waals surface area (Å²) < 4.78 is 5.64. The first kappa shape index (κ1) is 14.3. The first-order valence-electron chi connectivity index (χ1n) is 6.20. The zero-order chi connectivity index (χ0) is 12.8. The van der Waals surface area contributed by atoms with E-state index in [4.69, 9.17) is 16.3 Å². The van der Waals surface area contributed by atoms with Gasteiger partial charge in [0.2, 0.25) is 0 Å². The standard InChI is InChI=1S/C14H22ClNO/c1-5-16-11(4)12-6-7-14(13(15)8-12)17-9-10(2)3/h6-8,10-11,16H,5,9H2,1-4H3. The van der Waals surface area contributed by atoms with Crippen molar-refractivity contribution in [2.75, 3.05) is 13.2 Å². The van der Waals surface area contributed by atoms with Gasteiger partial charge in [0.05, 0.1) is 11.6 Å². The number of benzene rings is 1. The number of nitrogens with one attached hydrogen (secondary N) is 1. The molecule has 2 nitrogen and oxygen atoms in total. The zero-order valence-corrected chi connectivity index (χ0v) is 11.8. The molecular weight excluding hydrogens is 234 g/mol. The highest BCUT2D eigenvalue weighted by atomic mass is 35.5. The number of ether oxygens (including phenoxy) is 1. The SMILES string of the molecule is CCNC(C)c1ccc(OCC(C)C)c(Cl)c1. The molecule has 1 aromatic rings. The average Bonchev–Trinajstić information content (AvgIpc) is 2.27. The molecule has 1 aromatic carbocycles. The highest BCUT2D eigenvalue weighted by Gasteiger charge is 2.08. The molecule has 0 bridgehead atoms. The predicted molar refractivity (Wildman–Crippen MR) is 73.9 cm³/mol. The lowest BCUT2D eigenvalue weighted by molar-refractivity contribution is 0.271. The Morgan fingerprint density at radius 3 is 2.53 bits per heavy atom. The molecule has 0 saturated heterocycles. The first-order chi connectivity index (χ1) is 8.04. The quantitative estimate of drug-likeness (QED) is 0.828. The van der Waals surface area contributed by atoms with Crippen LogP contribution in [-0.2, 0) is 0 Å². The van der Waals surface area contributed by atoms with Gasteiger partial charge in [-0.1, -0.05) is 38.4 Å². The van der Waals surface area contributed by atoms with Crippen molar-refractivity contribution in [1.29, 1.82) is 0 Å². The minimum Gasteiger partial charge on any atom is -0.492 e. The van der Waals surface area contributed by atoms with Crippen molar-refractivity contribution >= 4 is 11.6 Å². The second kappa shape index (κ2) is 6.87. The van der Waals surface area contributed by atoms with E-state index in [0.29, 0.717) is 23.6 Å². The van der Waals surface area contributed by atoms with E-state index in [-0.39, 0.29) is 0 Å². The van der Waals surface area contributed by atoms with Crippen LogP contribution in [-0.4, -0.2) is 13.2 Å². The van der Waals surface area contributed by atoms with E-state index in [1.165, 1.54) is 5.56 Å². The molecule has 0 aliphatic carbocycles. The Labute approximate surface area is 109 Å². The summed E-state index contributed by atoms with van der Waals surface area (Å²) in [4.78, 5) is 0. The van der Waals surface area contributed by atoms with Gasteiger partial charge in [0, 0.05) is 6.04 Å². The van der Waals surface area contributed by atoms with E-state index >= 15 is 0 Å². The summed E-state index contributed by atoms with van der Waals surface area (Å²) >= 11 is 6.20. The minimum atomic E-state index is 0.316. The fourth-order valence-electron chi connectivity index (χ4n) is 1.58. The smallest absolute Gasteiger partial charge is 0.137 e. The second-order valence-corrected chi connectivity index (χ2v) is 5.08. The summed E-state index contributed by atoms with van der Waals surface area (Å²) in [6.45, 7) is 10.1. The molecule has 0 saturated carbocycles. The van der Waals surface area contributed by atoms with E-state index in [1.54, 1.807) is 0 Å². The fourth-order valence-corrected chi connectivity index (χ4v) is 1.83. The lowest BCUT2D eigenvalue weighted by Crippen LogP contribution is -2.17. The van der Waals surface area contributed by atoms with Crippen LogP contribution in [0.4, 0.5) is 0 Å². The molecule has 0 aliphatic rings. The number of rotatable bonds is 6. The number of halogens is 1. The molecule has 1 N–H and O–H groups in total. The summed E-state index contributed by atoms with van der Waals surface area (Å²) in [6, 6.07) is 6.31.